The summed E-state index contributed by atoms with van der Waals surface area (Å²) in [5, 5.41) is 8.58. The van der Waals surface area contributed by atoms with Gasteiger partial charge >= 0.3 is 12.1 Å². The van der Waals surface area contributed by atoms with Gasteiger partial charge in [-0.1, -0.05) is 0 Å². The molecule has 0 aliphatic rings. The van der Waals surface area contributed by atoms with Crippen molar-refractivity contribution in [3.8, 4) is 0 Å². The maximum Gasteiger partial charge on any atom is 0.389 e. The van der Waals surface area contributed by atoms with Gasteiger partial charge in [0.15, 0.2) is 0 Å². The predicted octanol–water partition coefficient (Wildman–Crippen LogP) is 1.25. The van der Waals surface area contributed by atoms with Gasteiger partial charge in [-0.25, -0.2) is 14.8 Å². The molecule has 1 aromatic heterocycles. The Labute approximate surface area is 88.1 Å². The smallest absolute Gasteiger partial charge is 0.389 e. The number of hydrogen-bond acceptors (Lipinski definition) is 4. The Morgan fingerprint density at radius 1 is 1.50 bits per heavy atom. The first kappa shape index (κ1) is 12.2. The van der Waals surface area contributed by atoms with Gasteiger partial charge in [0, 0.05) is 12.6 Å². The van der Waals surface area contributed by atoms with Crippen molar-refractivity contribution in [1.82, 2.24) is 9.97 Å². The third-order valence-electron chi connectivity index (χ3n) is 1.73. The first-order valence-electron chi connectivity index (χ1n) is 4.21. The van der Waals surface area contributed by atoms with E-state index in [4.69, 9.17) is 10.8 Å². The summed E-state index contributed by atoms with van der Waals surface area (Å²) in [5.74, 6) is -1.78. The lowest BCUT2D eigenvalue weighted by atomic mass is 10.2. The van der Waals surface area contributed by atoms with Gasteiger partial charge in [-0.15, -0.1) is 0 Å². The lowest BCUT2D eigenvalue weighted by Gasteiger charge is -2.06. The molecule has 0 saturated carbocycles. The summed E-state index contributed by atoms with van der Waals surface area (Å²) in [7, 11) is 0. The number of aromatic nitrogens is 2. The van der Waals surface area contributed by atoms with Gasteiger partial charge in [0.05, 0.1) is 6.42 Å². The number of carboxylic acid groups (broad SMARTS) is 1. The number of alkyl halides is 3. The standard InChI is InChI=1S/C8H8F3N3O2/c9-8(10,11)2-1-5-13-3-4(7(15)16)6(12)14-5/h3H,1-2H2,(H,15,16)(H2,12,13,14). The Morgan fingerprint density at radius 3 is 2.56 bits per heavy atom. The summed E-state index contributed by atoms with van der Waals surface area (Å²) >= 11 is 0. The van der Waals surface area contributed by atoms with Gasteiger partial charge in [0.1, 0.15) is 17.2 Å². The minimum Gasteiger partial charge on any atom is -0.477 e. The van der Waals surface area contributed by atoms with E-state index in [1.165, 1.54) is 0 Å². The van der Waals surface area contributed by atoms with Crippen molar-refractivity contribution in [2.45, 2.75) is 19.0 Å². The number of anilines is 1. The fourth-order valence-corrected chi connectivity index (χ4v) is 0.972. The highest BCUT2D eigenvalue weighted by Gasteiger charge is 2.27. The molecule has 1 rings (SSSR count). The summed E-state index contributed by atoms with van der Waals surface area (Å²) in [6.45, 7) is 0. The van der Waals surface area contributed by atoms with Crippen LogP contribution in [0.2, 0.25) is 0 Å². The van der Waals surface area contributed by atoms with Crippen LogP contribution in [-0.2, 0) is 6.42 Å². The van der Waals surface area contributed by atoms with Crippen LogP contribution in [0.15, 0.2) is 6.20 Å². The molecule has 0 aliphatic carbocycles. The van der Waals surface area contributed by atoms with Gasteiger partial charge in [0.2, 0.25) is 0 Å². The number of rotatable bonds is 3. The van der Waals surface area contributed by atoms with Crippen molar-refractivity contribution >= 4 is 11.8 Å². The van der Waals surface area contributed by atoms with Crippen LogP contribution in [0.1, 0.15) is 22.6 Å². The largest absolute Gasteiger partial charge is 0.477 e. The van der Waals surface area contributed by atoms with E-state index in [1.807, 2.05) is 0 Å². The Morgan fingerprint density at radius 2 is 2.12 bits per heavy atom. The average molecular weight is 235 g/mol. The summed E-state index contributed by atoms with van der Waals surface area (Å²) < 4.78 is 35.6. The van der Waals surface area contributed by atoms with Crippen molar-refractivity contribution in [3.05, 3.63) is 17.6 Å². The minimum absolute atomic E-state index is 0.125. The predicted molar refractivity (Wildman–Crippen MR) is 47.8 cm³/mol. The normalized spacial score (nSPS) is 11.4. The van der Waals surface area contributed by atoms with Crippen molar-refractivity contribution in [3.63, 3.8) is 0 Å². The second-order valence-corrected chi connectivity index (χ2v) is 3.01. The number of aryl methyl sites for hydroxylation is 1. The molecule has 0 saturated heterocycles. The molecule has 0 amide bonds. The zero-order chi connectivity index (χ0) is 12.3. The fraction of sp³-hybridized carbons (Fsp3) is 0.375. The number of aromatic carboxylic acids is 1. The van der Waals surface area contributed by atoms with E-state index in [9.17, 15) is 18.0 Å². The van der Waals surface area contributed by atoms with Crippen LogP contribution in [-0.4, -0.2) is 27.2 Å². The number of carboxylic acids is 1. The third kappa shape index (κ3) is 3.37. The minimum atomic E-state index is -4.30. The van der Waals surface area contributed by atoms with Crippen molar-refractivity contribution in [2.24, 2.45) is 0 Å². The van der Waals surface area contributed by atoms with Gasteiger partial charge < -0.3 is 10.8 Å². The van der Waals surface area contributed by atoms with E-state index >= 15 is 0 Å². The maximum atomic E-state index is 11.9. The molecule has 8 heteroatoms. The van der Waals surface area contributed by atoms with Gasteiger partial charge in [-0.3, -0.25) is 0 Å². The molecular formula is C8H8F3N3O2. The van der Waals surface area contributed by atoms with Crippen LogP contribution in [0.25, 0.3) is 0 Å². The number of nitrogens with zero attached hydrogens (tertiary/aromatic N) is 2. The van der Waals surface area contributed by atoms with Crippen LogP contribution < -0.4 is 5.73 Å². The van der Waals surface area contributed by atoms with E-state index in [-0.39, 0.29) is 17.2 Å². The van der Waals surface area contributed by atoms with Crippen LogP contribution in [0.3, 0.4) is 0 Å². The monoisotopic (exact) mass is 235 g/mol. The summed E-state index contributed by atoms with van der Waals surface area (Å²) in [5.41, 5.74) is 4.93. The molecule has 88 valence electrons. The quantitative estimate of drug-likeness (QED) is 0.822. The second-order valence-electron chi connectivity index (χ2n) is 3.01. The Bertz CT molecular complexity index is 406. The fourth-order valence-electron chi connectivity index (χ4n) is 0.972. The SMILES string of the molecule is Nc1nc(CCC(F)(F)F)ncc1C(=O)O. The number of hydrogen-bond donors (Lipinski definition) is 2. The molecule has 0 unspecified atom stereocenters. The molecule has 16 heavy (non-hydrogen) atoms. The number of halogens is 3. The first-order valence-corrected chi connectivity index (χ1v) is 4.21. The molecular weight excluding hydrogens is 227 g/mol. The second kappa shape index (κ2) is 4.33. The highest BCUT2D eigenvalue weighted by atomic mass is 19.4. The Kier molecular flexibility index (Phi) is 3.31. The molecule has 5 nitrogen and oxygen atoms in total. The molecule has 0 spiro atoms. The summed E-state index contributed by atoms with van der Waals surface area (Å²) in [6.07, 6.45) is -4.90. The molecule has 0 aliphatic heterocycles. The maximum absolute atomic E-state index is 11.9. The van der Waals surface area contributed by atoms with Crippen LogP contribution >= 0.6 is 0 Å². The molecule has 0 radical (unpaired) electrons. The van der Waals surface area contributed by atoms with Crippen molar-refractivity contribution < 1.29 is 23.1 Å². The van der Waals surface area contributed by atoms with E-state index in [0.29, 0.717) is 0 Å². The number of carbonyl (C=O) groups is 1. The summed E-state index contributed by atoms with van der Waals surface area (Å²) in [4.78, 5) is 17.5. The lowest BCUT2D eigenvalue weighted by molar-refractivity contribution is -0.134. The third-order valence-corrected chi connectivity index (χ3v) is 1.73. The number of nitrogen functional groups attached to an aromatic ring is 1. The van der Waals surface area contributed by atoms with Crippen LogP contribution in [0.4, 0.5) is 19.0 Å². The van der Waals surface area contributed by atoms with E-state index in [1.54, 1.807) is 0 Å². The van der Waals surface area contributed by atoms with Gasteiger partial charge in [-0.2, -0.15) is 13.2 Å². The van der Waals surface area contributed by atoms with Gasteiger partial charge in [-0.05, 0) is 0 Å². The van der Waals surface area contributed by atoms with Crippen molar-refractivity contribution in [1.29, 1.82) is 0 Å². The zero-order valence-electron chi connectivity index (χ0n) is 7.95. The van der Waals surface area contributed by atoms with E-state index < -0.39 is 25.0 Å². The highest BCUT2D eigenvalue weighted by molar-refractivity contribution is 5.92. The average Bonchev–Trinajstić information content (AvgIpc) is 2.13. The van der Waals surface area contributed by atoms with Crippen molar-refractivity contribution in [2.75, 3.05) is 5.73 Å². The number of nitrogens with two attached hydrogens (primary N) is 1. The Hall–Kier alpha value is -1.86. The topological polar surface area (TPSA) is 89.1 Å². The first-order chi connectivity index (χ1) is 7.29. The van der Waals surface area contributed by atoms with Gasteiger partial charge in [0.25, 0.3) is 0 Å². The molecule has 0 fully saturated rings. The van der Waals surface area contributed by atoms with Crippen LogP contribution in [0, 0.1) is 0 Å². The zero-order valence-corrected chi connectivity index (χ0v) is 7.95. The molecule has 0 bridgehead atoms. The highest BCUT2D eigenvalue weighted by Crippen LogP contribution is 2.21. The molecule has 3 N–H and O–H groups in total. The van der Waals surface area contributed by atoms with E-state index in [2.05, 4.69) is 9.97 Å². The molecule has 0 atom stereocenters. The van der Waals surface area contributed by atoms with Crippen LogP contribution in [0.5, 0.6) is 0 Å². The molecule has 1 aromatic rings. The summed E-state index contributed by atoms with van der Waals surface area (Å²) in [6, 6.07) is 0. The Balaban J connectivity index is 2.78. The lowest BCUT2D eigenvalue weighted by Crippen LogP contribution is -2.12. The van der Waals surface area contributed by atoms with E-state index in [0.717, 1.165) is 6.20 Å². The molecule has 1 heterocycles. The molecule has 0 aromatic carbocycles.